The summed E-state index contributed by atoms with van der Waals surface area (Å²) < 4.78 is 26.5. The molecule has 0 aliphatic carbocycles. The third-order valence-corrected chi connectivity index (χ3v) is 5.23. The first-order valence-electron chi connectivity index (χ1n) is 11.3. The topological polar surface area (TPSA) is 111 Å². The number of carbonyl (C=O) groups is 1. The summed E-state index contributed by atoms with van der Waals surface area (Å²) in [5, 5.41) is 5.95. The van der Waals surface area contributed by atoms with E-state index in [0.717, 1.165) is 12.8 Å². The minimum Gasteiger partial charge on any atom is -0.488 e. The molecule has 5 rings (SSSR count). The molecule has 1 aromatic heterocycles. The summed E-state index contributed by atoms with van der Waals surface area (Å²) in [6, 6.07) is 9.94. The van der Waals surface area contributed by atoms with Gasteiger partial charge in [0.15, 0.2) is 11.6 Å². The molecule has 0 radical (unpaired) electrons. The first-order chi connectivity index (χ1) is 16.4. The van der Waals surface area contributed by atoms with Crippen LogP contribution in [0.4, 0.5) is 21.7 Å². The highest BCUT2D eigenvalue weighted by molar-refractivity contribution is 5.96. The minimum absolute atomic E-state index is 0.168. The van der Waals surface area contributed by atoms with E-state index in [1.165, 1.54) is 6.07 Å². The number of nitrogens with zero attached hydrogens (tertiary/aromatic N) is 2. The van der Waals surface area contributed by atoms with Crippen LogP contribution < -0.4 is 21.1 Å². The molecule has 0 atom stereocenters. The molecular weight excluding hydrogens is 437 g/mol. The lowest BCUT2D eigenvalue weighted by Crippen LogP contribution is -2.24. The second-order valence-corrected chi connectivity index (χ2v) is 8.32. The standard InChI is InChI=1S/C25H28FN5O3/c1-15(2)34-23-17-11-18(13-20(23)26)30-25-29-9-7-22(31-25)19-6-5-16(12-21(19)27)24(32)28-8-3-4-10-33-14-17/h5-7,9,11-13,15H,3-4,8,10,14,27H2,1-2H3,(H,28,32)(H,29,30,31). The van der Waals surface area contributed by atoms with Crippen LogP contribution in [0.25, 0.3) is 11.3 Å². The molecule has 0 saturated carbocycles. The molecule has 1 amide bonds. The molecule has 2 aromatic carbocycles. The van der Waals surface area contributed by atoms with E-state index in [1.54, 1.807) is 36.5 Å². The summed E-state index contributed by atoms with van der Waals surface area (Å²) in [5.41, 5.74) is 9.43. The van der Waals surface area contributed by atoms with Crippen LogP contribution >= 0.6 is 0 Å². The fourth-order valence-corrected chi connectivity index (χ4v) is 3.65. The molecule has 0 saturated heterocycles. The Kier molecular flexibility index (Phi) is 7.22. The molecule has 0 spiro atoms. The van der Waals surface area contributed by atoms with E-state index in [2.05, 4.69) is 20.6 Å². The van der Waals surface area contributed by atoms with Crippen molar-refractivity contribution in [3.63, 3.8) is 0 Å². The second kappa shape index (κ2) is 10.5. The minimum atomic E-state index is -0.498. The number of aromatic nitrogens is 2. The molecule has 8 nitrogen and oxygen atoms in total. The van der Waals surface area contributed by atoms with Crippen LogP contribution in [0.15, 0.2) is 42.6 Å². The van der Waals surface area contributed by atoms with Crippen LogP contribution in [-0.4, -0.2) is 35.1 Å². The van der Waals surface area contributed by atoms with Crippen LogP contribution in [0.5, 0.6) is 5.75 Å². The zero-order valence-corrected chi connectivity index (χ0v) is 19.2. The van der Waals surface area contributed by atoms with E-state index in [4.69, 9.17) is 15.2 Å². The third kappa shape index (κ3) is 5.60. The molecule has 2 aliphatic rings. The Morgan fingerprint density at radius 3 is 2.82 bits per heavy atom. The summed E-state index contributed by atoms with van der Waals surface area (Å²) in [7, 11) is 0. The Hall–Kier alpha value is -3.72. The quantitative estimate of drug-likeness (QED) is 0.480. The van der Waals surface area contributed by atoms with Gasteiger partial charge in [0.1, 0.15) is 0 Å². The Balaban J connectivity index is 1.71. The van der Waals surface area contributed by atoms with Crippen molar-refractivity contribution in [1.82, 2.24) is 15.3 Å². The van der Waals surface area contributed by atoms with Gasteiger partial charge in [0.05, 0.1) is 18.4 Å². The number of anilines is 3. The maximum Gasteiger partial charge on any atom is 0.251 e. The highest BCUT2D eigenvalue weighted by Crippen LogP contribution is 2.31. The fourth-order valence-electron chi connectivity index (χ4n) is 3.65. The number of carbonyl (C=O) groups excluding carboxylic acids is 1. The van der Waals surface area contributed by atoms with Gasteiger partial charge >= 0.3 is 0 Å². The van der Waals surface area contributed by atoms with Crippen molar-refractivity contribution >= 4 is 23.2 Å². The van der Waals surface area contributed by atoms with Crippen LogP contribution in [0.2, 0.25) is 0 Å². The molecule has 34 heavy (non-hydrogen) atoms. The van der Waals surface area contributed by atoms with E-state index in [9.17, 15) is 9.18 Å². The molecule has 178 valence electrons. The molecule has 3 heterocycles. The van der Waals surface area contributed by atoms with Gasteiger partial charge in [0.2, 0.25) is 5.95 Å². The number of rotatable bonds is 2. The SMILES string of the molecule is CC(C)Oc1c(F)cc2cc1COCCCCNC(=O)c1ccc(c(N)c1)-c1ccnc(n1)N2. The van der Waals surface area contributed by atoms with Gasteiger partial charge in [0.25, 0.3) is 5.91 Å². The van der Waals surface area contributed by atoms with Crippen molar-refractivity contribution in [3.05, 3.63) is 59.5 Å². The number of nitrogens with one attached hydrogen (secondary N) is 2. The van der Waals surface area contributed by atoms with Gasteiger partial charge in [-0.1, -0.05) is 0 Å². The third-order valence-electron chi connectivity index (χ3n) is 5.23. The number of fused-ring (bicyclic) bond motifs is 9. The highest BCUT2D eigenvalue weighted by atomic mass is 19.1. The number of hydrogen-bond donors (Lipinski definition) is 3. The summed E-state index contributed by atoms with van der Waals surface area (Å²) in [4.78, 5) is 21.2. The first-order valence-corrected chi connectivity index (χ1v) is 11.3. The number of hydrogen-bond acceptors (Lipinski definition) is 7. The van der Waals surface area contributed by atoms with Crippen molar-refractivity contribution < 1.29 is 18.7 Å². The largest absolute Gasteiger partial charge is 0.488 e. The lowest BCUT2D eigenvalue weighted by molar-refractivity contribution is 0.0944. The summed E-state index contributed by atoms with van der Waals surface area (Å²) in [5.74, 6) is -0.243. The van der Waals surface area contributed by atoms with Crippen molar-refractivity contribution in [1.29, 1.82) is 0 Å². The van der Waals surface area contributed by atoms with Gasteiger partial charge < -0.3 is 25.8 Å². The number of amides is 1. The highest BCUT2D eigenvalue weighted by Gasteiger charge is 2.16. The lowest BCUT2D eigenvalue weighted by atomic mass is 10.1. The average Bonchev–Trinajstić information content (AvgIpc) is 2.79. The molecule has 4 N–H and O–H groups in total. The van der Waals surface area contributed by atoms with Gasteiger partial charge in [-0.25, -0.2) is 14.4 Å². The number of ether oxygens (including phenoxy) is 2. The van der Waals surface area contributed by atoms with E-state index >= 15 is 0 Å². The van der Waals surface area contributed by atoms with Crippen molar-refractivity contribution in [2.45, 2.75) is 39.4 Å². The Labute approximate surface area is 197 Å². The Morgan fingerprint density at radius 2 is 2.03 bits per heavy atom. The zero-order chi connectivity index (χ0) is 24.1. The van der Waals surface area contributed by atoms with Crippen LogP contribution in [0.3, 0.4) is 0 Å². The summed E-state index contributed by atoms with van der Waals surface area (Å²) in [6.45, 7) is 4.84. The predicted octanol–water partition coefficient (Wildman–Crippen LogP) is 4.44. The van der Waals surface area contributed by atoms with Crippen molar-refractivity contribution in [2.24, 2.45) is 0 Å². The van der Waals surface area contributed by atoms with Crippen LogP contribution in [0.1, 0.15) is 42.6 Å². The zero-order valence-electron chi connectivity index (χ0n) is 19.2. The number of benzene rings is 2. The first kappa shape index (κ1) is 23.4. The van der Waals surface area contributed by atoms with Gasteiger partial charge in [0, 0.05) is 53.5 Å². The fraction of sp³-hybridized carbons (Fsp3) is 0.320. The normalized spacial score (nSPS) is 14.5. The summed E-state index contributed by atoms with van der Waals surface area (Å²) in [6.07, 6.45) is 2.87. The molecule has 0 fully saturated rings. The van der Waals surface area contributed by atoms with Gasteiger partial charge in [-0.15, -0.1) is 0 Å². The molecule has 3 aromatic rings. The van der Waals surface area contributed by atoms with Crippen LogP contribution in [0, 0.1) is 5.82 Å². The molecule has 6 bridgehead atoms. The molecular formula is C25H28FN5O3. The molecule has 0 unspecified atom stereocenters. The van der Waals surface area contributed by atoms with E-state index < -0.39 is 5.82 Å². The Morgan fingerprint density at radius 1 is 1.18 bits per heavy atom. The molecule has 9 heteroatoms. The monoisotopic (exact) mass is 465 g/mol. The average molecular weight is 466 g/mol. The van der Waals surface area contributed by atoms with Crippen LogP contribution in [-0.2, 0) is 11.3 Å². The van der Waals surface area contributed by atoms with E-state index in [1.807, 2.05) is 13.8 Å². The van der Waals surface area contributed by atoms with Gasteiger partial charge in [-0.05, 0) is 57.0 Å². The number of nitrogens with two attached hydrogens (primary N) is 1. The maximum absolute atomic E-state index is 15.0. The second-order valence-electron chi connectivity index (χ2n) is 8.32. The maximum atomic E-state index is 15.0. The van der Waals surface area contributed by atoms with E-state index in [0.29, 0.717) is 46.9 Å². The lowest BCUT2D eigenvalue weighted by Gasteiger charge is -2.17. The van der Waals surface area contributed by atoms with Crippen molar-refractivity contribution in [2.75, 3.05) is 24.2 Å². The van der Waals surface area contributed by atoms with E-state index in [-0.39, 0.29) is 30.3 Å². The predicted molar refractivity (Wildman–Crippen MR) is 129 cm³/mol. The number of nitrogen functional groups attached to an aromatic ring is 1. The smallest absolute Gasteiger partial charge is 0.251 e. The van der Waals surface area contributed by atoms with Gasteiger partial charge in [-0.2, -0.15) is 0 Å². The Bertz CT molecular complexity index is 1190. The van der Waals surface area contributed by atoms with Crippen molar-refractivity contribution in [3.8, 4) is 17.0 Å². The number of halogens is 1. The molecule has 2 aliphatic heterocycles. The summed E-state index contributed by atoms with van der Waals surface area (Å²) >= 11 is 0. The van der Waals surface area contributed by atoms with Gasteiger partial charge in [-0.3, -0.25) is 4.79 Å².